The summed E-state index contributed by atoms with van der Waals surface area (Å²) in [6.45, 7) is 4.53. The van der Waals surface area contributed by atoms with E-state index in [-0.39, 0.29) is 17.0 Å². The lowest BCUT2D eigenvalue weighted by atomic mass is 10.1. The highest BCUT2D eigenvalue weighted by Crippen LogP contribution is 2.28. The van der Waals surface area contributed by atoms with Crippen molar-refractivity contribution in [1.82, 2.24) is 15.0 Å². The topological polar surface area (TPSA) is 45.4 Å². The van der Waals surface area contributed by atoms with Gasteiger partial charge in [0.1, 0.15) is 0 Å². The van der Waals surface area contributed by atoms with E-state index < -0.39 is 0 Å². The molecule has 3 aliphatic heterocycles. The summed E-state index contributed by atoms with van der Waals surface area (Å²) in [7, 11) is 0. The Balaban J connectivity index is 0.00000121. The zero-order valence-corrected chi connectivity index (χ0v) is 13.6. The fourth-order valence-corrected chi connectivity index (χ4v) is 3.63. The van der Waals surface area contributed by atoms with Gasteiger partial charge in [-0.25, -0.2) is 0 Å². The number of hydrogen-bond donors (Lipinski definition) is 0. The van der Waals surface area contributed by atoms with Gasteiger partial charge in [-0.15, -0.1) is 28.3 Å². The Kier molecular flexibility index (Phi) is 4.09. The van der Waals surface area contributed by atoms with Gasteiger partial charge in [0.25, 0.3) is 11.8 Å². The number of nitrogens with zero attached hydrogens (tertiary/aromatic N) is 4. The average Bonchev–Trinajstić information content (AvgIpc) is 3.05. The maximum atomic E-state index is 5.40. The summed E-state index contributed by atoms with van der Waals surface area (Å²) >= 11 is 1.63. The van der Waals surface area contributed by atoms with Crippen LogP contribution in [0.25, 0.3) is 10.8 Å². The van der Waals surface area contributed by atoms with Gasteiger partial charge in [0, 0.05) is 32.2 Å². The van der Waals surface area contributed by atoms with Crippen molar-refractivity contribution < 1.29 is 4.52 Å². The molecule has 3 aliphatic rings. The first-order valence-corrected chi connectivity index (χ1v) is 7.65. The monoisotopic (exact) mass is 356 g/mol. The molecule has 20 heavy (non-hydrogen) atoms. The lowest BCUT2D eigenvalue weighted by Crippen LogP contribution is -2.38. The minimum atomic E-state index is 0. The molecule has 0 aromatic carbocycles. The van der Waals surface area contributed by atoms with E-state index in [1.165, 1.54) is 25.9 Å². The van der Waals surface area contributed by atoms with E-state index >= 15 is 0 Å². The van der Waals surface area contributed by atoms with Crippen LogP contribution in [0.3, 0.4) is 0 Å². The van der Waals surface area contributed by atoms with Crippen LogP contribution in [-0.4, -0.2) is 47.3 Å². The van der Waals surface area contributed by atoms with Crippen molar-refractivity contribution >= 4 is 34.3 Å². The highest BCUT2D eigenvalue weighted by atomic mass is 79.9. The van der Waals surface area contributed by atoms with Crippen molar-refractivity contribution in [3.8, 4) is 10.8 Å². The molecule has 0 spiro atoms. The third-order valence-electron chi connectivity index (χ3n) is 4.06. The SMILES string of the molecule is Br.c1csc(-c2nc(N3CCN4CCC3CC4)no2)c1. The Bertz CT molecular complexity index is 550. The van der Waals surface area contributed by atoms with E-state index in [1.807, 2.05) is 17.5 Å². The molecule has 3 saturated heterocycles. The van der Waals surface area contributed by atoms with Crippen LogP contribution in [0.4, 0.5) is 5.95 Å². The summed E-state index contributed by atoms with van der Waals surface area (Å²) in [5, 5.41) is 6.21. The molecular weight excluding hydrogens is 340 g/mol. The number of hydrogen-bond acceptors (Lipinski definition) is 6. The maximum absolute atomic E-state index is 5.40. The third kappa shape index (κ3) is 2.49. The van der Waals surface area contributed by atoms with Gasteiger partial charge in [-0.3, -0.25) is 0 Å². The molecule has 2 bridgehead atoms. The standard InChI is InChI=1S/C13H16N4OS.BrH/c1-2-11(19-9-1)12-14-13(15-18-12)17-8-7-16-5-3-10(17)4-6-16;/h1-2,9-10H,3-8H2;1H. The van der Waals surface area contributed by atoms with Crippen LogP contribution in [-0.2, 0) is 0 Å². The second-order valence-electron chi connectivity index (χ2n) is 5.14. The summed E-state index contributed by atoms with van der Waals surface area (Å²) in [6, 6.07) is 4.60. The quantitative estimate of drug-likeness (QED) is 0.827. The van der Waals surface area contributed by atoms with Crippen molar-refractivity contribution in [2.24, 2.45) is 0 Å². The molecule has 5 rings (SSSR count). The zero-order chi connectivity index (χ0) is 12.7. The van der Waals surface area contributed by atoms with E-state index in [0.717, 1.165) is 23.9 Å². The van der Waals surface area contributed by atoms with Crippen LogP contribution in [0.2, 0.25) is 0 Å². The molecule has 108 valence electrons. The molecule has 0 amide bonds. The minimum absolute atomic E-state index is 0. The molecule has 0 unspecified atom stereocenters. The number of fused-ring (bicyclic) bond motifs is 4. The molecule has 0 N–H and O–H groups in total. The summed E-state index contributed by atoms with van der Waals surface area (Å²) in [5.74, 6) is 1.40. The third-order valence-corrected chi connectivity index (χ3v) is 4.92. The Hall–Kier alpha value is -0.920. The number of aromatic nitrogens is 2. The van der Waals surface area contributed by atoms with Crippen LogP contribution in [0.5, 0.6) is 0 Å². The van der Waals surface area contributed by atoms with Gasteiger partial charge in [-0.05, 0) is 29.4 Å². The number of rotatable bonds is 2. The molecule has 3 fully saturated rings. The highest BCUT2D eigenvalue weighted by Gasteiger charge is 2.31. The van der Waals surface area contributed by atoms with E-state index in [1.54, 1.807) is 11.3 Å². The Morgan fingerprint density at radius 2 is 2.05 bits per heavy atom. The predicted molar refractivity (Wildman–Crippen MR) is 84.7 cm³/mol. The number of piperidine rings is 1. The van der Waals surface area contributed by atoms with Crippen LogP contribution in [0.15, 0.2) is 22.0 Å². The smallest absolute Gasteiger partial charge is 0.269 e. The predicted octanol–water partition coefficient (Wildman–Crippen LogP) is 2.66. The van der Waals surface area contributed by atoms with E-state index in [9.17, 15) is 0 Å². The number of anilines is 1. The van der Waals surface area contributed by atoms with Gasteiger partial charge in [0.15, 0.2) is 0 Å². The van der Waals surface area contributed by atoms with Gasteiger partial charge in [-0.1, -0.05) is 6.07 Å². The van der Waals surface area contributed by atoms with E-state index in [0.29, 0.717) is 11.9 Å². The Labute approximate surface area is 132 Å². The second-order valence-corrected chi connectivity index (χ2v) is 6.09. The van der Waals surface area contributed by atoms with Crippen molar-refractivity contribution in [1.29, 1.82) is 0 Å². The van der Waals surface area contributed by atoms with Crippen LogP contribution >= 0.6 is 28.3 Å². The van der Waals surface area contributed by atoms with Gasteiger partial charge in [0.2, 0.25) is 0 Å². The maximum Gasteiger partial charge on any atom is 0.269 e. The molecule has 0 aliphatic carbocycles. The summed E-state index contributed by atoms with van der Waals surface area (Å²) in [6.07, 6.45) is 2.42. The lowest BCUT2D eigenvalue weighted by Gasteiger charge is -2.30. The molecular formula is C13H17BrN4OS. The first kappa shape index (κ1) is 14.0. The number of thiophene rings is 1. The molecule has 5 nitrogen and oxygen atoms in total. The first-order valence-electron chi connectivity index (χ1n) is 6.77. The molecule has 2 aromatic rings. The van der Waals surface area contributed by atoms with E-state index in [2.05, 4.69) is 19.9 Å². The molecule has 5 heterocycles. The minimum Gasteiger partial charge on any atom is -0.334 e. The summed E-state index contributed by atoms with van der Waals surface area (Å²) < 4.78 is 5.40. The van der Waals surface area contributed by atoms with Gasteiger partial charge >= 0.3 is 0 Å². The Morgan fingerprint density at radius 1 is 1.20 bits per heavy atom. The van der Waals surface area contributed by atoms with Crippen molar-refractivity contribution in [3.63, 3.8) is 0 Å². The van der Waals surface area contributed by atoms with Gasteiger partial charge in [0.05, 0.1) is 4.88 Å². The van der Waals surface area contributed by atoms with Gasteiger partial charge in [-0.2, -0.15) is 4.98 Å². The highest BCUT2D eigenvalue weighted by molar-refractivity contribution is 8.93. The van der Waals surface area contributed by atoms with Crippen LogP contribution in [0, 0.1) is 0 Å². The summed E-state index contributed by atoms with van der Waals surface area (Å²) in [4.78, 5) is 10.5. The fraction of sp³-hybridized carbons (Fsp3) is 0.538. The average molecular weight is 357 g/mol. The molecule has 0 radical (unpaired) electrons. The van der Waals surface area contributed by atoms with Crippen molar-refractivity contribution in [2.45, 2.75) is 18.9 Å². The van der Waals surface area contributed by atoms with Crippen molar-refractivity contribution in [2.75, 3.05) is 31.1 Å². The van der Waals surface area contributed by atoms with E-state index in [4.69, 9.17) is 4.52 Å². The molecule has 7 heteroatoms. The zero-order valence-electron chi connectivity index (χ0n) is 11.1. The first-order chi connectivity index (χ1) is 9.40. The Morgan fingerprint density at radius 3 is 2.80 bits per heavy atom. The largest absolute Gasteiger partial charge is 0.334 e. The van der Waals surface area contributed by atoms with Crippen molar-refractivity contribution in [3.05, 3.63) is 17.5 Å². The second kappa shape index (κ2) is 5.83. The molecule has 0 atom stereocenters. The fourth-order valence-electron chi connectivity index (χ4n) is 2.98. The number of halogens is 1. The van der Waals surface area contributed by atoms with Crippen LogP contribution in [0.1, 0.15) is 12.8 Å². The summed E-state index contributed by atoms with van der Waals surface area (Å²) in [5.41, 5.74) is 0. The normalized spacial score (nSPS) is 25.3. The molecule has 0 saturated carbocycles. The lowest BCUT2D eigenvalue weighted by molar-refractivity contribution is 0.250. The van der Waals surface area contributed by atoms with Crippen LogP contribution < -0.4 is 4.90 Å². The van der Waals surface area contributed by atoms with Gasteiger partial charge < -0.3 is 14.3 Å². The molecule has 2 aromatic heterocycles.